The Bertz CT molecular complexity index is 975. The molecule has 0 spiro atoms. The van der Waals surface area contributed by atoms with Crippen LogP contribution in [0.4, 0.5) is 13.2 Å². The fraction of sp³-hybridized carbons (Fsp3) is 0.731. The number of carbonyl (C=O) groups excluding carboxylic acids is 3. The van der Waals surface area contributed by atoms with E-state index in [-0.39, 0.29) is 30.8 Å². The van der Waals surface area contributed by atoms with Crippen LogP contribution < -0.4 is 0 Å². The van der Waals surface area contributed by atoms with Crippen LogP contribution in [0.25, 0.3) is 0 Å². The molecule has 3 fully saturated rings. The van der Waals surface area contributed by atoms with E-state index in [0.29, 0.717) is 12.8 Å². The minimum atomic E-state index is -1.77. The maximum atomic E-state index is 15.5. The number of aliphatic hydroxyl groups excluding tert-OH is 1. The van der Waals surface area contributed by atoms with Gasteiger partial charge in [-0.1, -0.05) is 33.8 Å². The molecule has 8 heteroatoms. The van der Waals surface area contributed by atoms with Crippen molar-refractivity contribution in [2.75, 3.05) is 6.67 Å². The largest absolute Gasteiger partial charge is 0.450 e. The molecule has 0 saturated heterocycles. The van der Waals surface area contributed by atoms with Crippen molar-refractivity contribution in [2.45, 2.75) is 77.7 Å². The normalized spacial score (nSPS) is 45.5. The van der Waals surface area contributed by atoms with Gasteiger partial charge in [0.05, 0.1) is 6.10 Å². The summed E-state index contributed by atoms with van der Waals surface area (Å²) in [5.41, 5.74) is -4.32. The van der Waals surface area contributed by atoms with E-state index in [4.69, 9.17) is 4.74 Å². The number of hydrogen-bond acceptors (Lipinski definition) is 5. The van der Waals surface area contributed by atoms with Crippen molar-refractivity contribution >= 4 is 17.5 Å². The van der Waals surface area contributed by atoms with Gasteiger partial charge in [0, 0.05) is 34.7 Å². The third-order valence-electron chi connectivity index (χ3n) is 9.36. The molecule has 5 nitrogen and oxygen atoms in total. The molecule has 0 aromatic carbocycles. The summed E-state index contributed by atoms with van der Waals surface area (Å²) in [4.78, 5) is 37.7. The van der Waals surface area contributed by atoms with Gasteiger partial charge in [-0.25, -0.2) is 13.2 Å². The summed E-state index contributed by atoms with van der Waals surface area (Å²) >= 11 is 0. The van der Waals surface area contributed by atoms with Crippen LogP contribution in [-0.2, 0) is 19.1 Å². The van der Waals surface area contributed by atoms with Crippen molar-refractivity contribution in [3.8, 4) is 0 Å². The second kappa shape index (κ2) is 8.32. The summed E-state index contributed by atoms with van der Waals surface area (Å²) in [6.45, 7) is 5.58. The first-order chi connectivity index (χ1) is 15.9. The third kappa shape index (κ3) is 3.12. The summed E-state index contributed by atoms with van der Waals surface area (Å²) < 4.78 is 50.1. The molecule has 0 aromatic heterocycles. The van der Waals surface area contributed by atoms with Crippen LogP contribution in [0.5, 0.6) is 0 Å². The van der Waals surface area contributed by atoms with E-state index >= 15 is 4.39 Å². The van der Waals surface area contributed by atoms with Crippen molar-refractivity contribution in [3.05, 3.63) is 23.6 Å². The zero-order valence-electron chi connectivity index (χ0n) is 20.1. The number of carbonyl (C=O) groups is 3. The van der Waals surface area contributed by atoms with E-state index in [1.807, 2.05) is 0 Å². The first kappa shape index (κ1) is 25.1. The molecule has 0 heterocycles. The molecule has 1 N–H and O–H groups in total. The van der Waals surface area contributed by atoms with E-state index in [1.165, 1.54) is 6.08 Å². The Hall–Kier alpha value is -1.96. The topological polar surface area (TPSA) is 80.7 Å². The predicted molar refractivity (Wildman–Crippen MR) is 118 cm³/mol. The Kier molecular flexibility index (Phi) is 6.15. The SMILES string of the molecule is CCCC(=O)O[C@]1(C(=O)CF)C(C)C[C@H]2[C@@H]3CC(F)C4=C(F)C(=O)C=C[C@]4(C)[C@H]3C(O)C[C@@]21C. The highest BCUT2D eigenvalue weighted by molar-refractivity contribution is 6.04. The Morgan fingerprint density at radius 1 is 1.26 bits per heavy atom. The molecule has 0 bridgehead atoms. The molecular formula is C26H33F3O5. The highest BCUT2D eigenvalue weighted by Crippen LogP contribution is 2.69. The number of esters is 1. The van der Waals surface area contributed by atoms with Crippen LogP contribution >= 0.6 is 0 Å². The maximum Gasteiger partial charge on any atom is 0.306 e. The van der Waals surface area contributed by atoms with Gasteiger partial charge in [-0.05, 0) is 43.6 Å². The van der Waals surface area contributed by atoms with E-state index in [0.717, 1.165) is 6.08 Å². The lowest BCUT2D eigenvalue weighted by molar-refractivity contribution is -0.205. The zero-order chi connectivity index (χ0) is 25.2. The lowest BCUT2D eigenvalue weighted by Gasteiger charge is -2.60. The van der Waals surface area contributed by atoms with Crippen molar-refractivity contribution < 1.29 is 37.4 Å². The quantitative estimate of drug-likeness (QED) is 0.589. The van der Waals surface area contributed by atoms with E-state index in [2.05, 4.69) is 0 Å². The van der Waals surface area contributed by atoms with Crippen LogP contribution in [-0.4, -0.2) is 47.2 Å². The Balaban J connectivity index is 1.83. The average Bonchev–Trinajstić information content (AvgIpc) is 2.97. The number of hydrogen-bond donors (Lipinski definition) is 1. The Morgan fingerprint density at radius 2 is 1.94 bits per heavy atom. The summed E-state index contributed by atoms with van der Waals surface area (Å²) in [5, 5.41) is 11.4. The van der Waals surface area contributed by atoms with Gasteiger partial charge in [0.2, 0.25) is 11.6 Å². The molecule has 3 saturated carbocycles. The highest BCUT2D eigenvalue weighted by Gasteiger charge is 2.73. The van der Waals surface area contributed by atoms with Gasteiger partial charge in [-0.15, -0.1) is 0 Å². The van der Waals surface area contributed by atoms with Crippen molar-refractivity contribution in [1.29, 1.82) is 0 Å². The fourth-order valence-corrected chi connectivity index (χ4v) is 8.15. The molecule has 4 rings (SSSR count). The first-order valence-corrected chi connectivity index (χ1v) is 12.2. The fourth-order valence-electron chi connectivity index (χ4n) is 8.15. The summed E-state index contributed by atoms with van der Waals surface area (Å²) in [7, 11) is 0. The molecular weight excluding hydrogens is 449 g/mol. The molecule has 0 amide bonds. The number of aliphatic hydroxyl groups is 1. The van der Waals surface area contributed by atoms with Gasteiger partial charge in [0.15, 0.2) is 18.1 Å². The Morgan fingerprint density at radius 3 is 2.56 bits per heavy atom. The number of alkyl halides is 2. The minimum absolute atomic E-state index is 0.0115. The van der Waals surface area contributed by atoms with E-state index in [9.17, 15) is 28.3 Å². The lowest BCUT2D eigenvalue weighted by Crippen LogP contribution is -2.64. The molecule has 9 atom stereocenters. The van der Waals surface area contributed by atoms with Gasteiger partial charge in [-0.2, -0.15) is 0 Å². The first-order valence-electron chi connectivity index (χ1n) is 12.2. The number of ketones is 2. The highest BCUT2D eigenvalue weighted by atomic mass is 19.1. The summed E-state index contributed by atoms with van der Waals surface area (Å²) in [5.74, 6) is -5.42. The number of rotatable bonds is 5. The van der Waals surface area contributed by atoms with Crippen LogP contribution in [0.1, 0.15) is 59.8 Å². The number of allylic oxidation sites excluding steroid dienone is 4. The van der Waals surface area contributed by atoms with Crippen LogP contribution in [0.15, 0.2) is 23.6 Å². The molecule has 4 aliphatic carbocycles. The number of fused-ring (bicyclic) bond motifs is 5. The molecule has 34 heavy (non-hydrogen) atoms. The standard InChI is InChI=1S/C26H33F3O5/c1-5-6-20(33)34-26(19(32)12-27)13(2)9-15-14-10-16(28)22-23(29)17(30)7-8-24(22,3)21(14)18(31)11-25(15,26)4/h7-8,13-16,18,21,31H,5-6,9-12H2,1-4H3/t13?,14-,15-,16?,18?,21+,24+,25-,26-/m0/s1. The molecule has 0 aromatic rings. The lowest BCUT2D eigenvalue weighted by atomic mass is 9.45. The van der Waals surface area contributed by atoms with Gasteiger partial charge in [0.25, 0.3) is 0 Å². The predicted octanol–water partition coefficient (Wildman–Crippen LogP) is 4.38. The molecule has 0 aliphatic heterocycles. The molecule has 0 radical (unpaired) electrons. The van der Waals surface area contributed by atoms with Crippen molar-refractivity contribution in [2.24, 2.45) is 34.5 Å². The monoisotopic (exact) mass is 482 g/mol. The van der Waals surface area contributed by atoms with E-state index < -0.39 is 76.5 Å². The summed E-state index contributed by atoms with van der Waals surface area (Å²) in [6, 6.07) is 0. The zero-order valence-corrected chi connectivity index (χ0v) is 20.1. The minimum Gasteiger partial charge on any atom is -0.450 e. The van der Waals surface area contributed by atoms with Gasteiger partial charge in [-0.3, -0.25) is 14.4 Å². The van der Waals surface area contributed by atoms with Gasteiger partial charge < -0.3 is 9.84 Å². The Labute approximate surface area is 197 Å². The summed E-state index contributed by atoms with van der Waals surface area (Å²) in [6.07, 6.45) is 0.564. The van der Waals surface area contributed by atoms with Gasteiger partial charge >= 0.3 is 5.97 Å². The molecule has 3 unspecified atom stereocenters. The molecule has 188 valence electrons. The van der Waals surface area contributed by atoms with E-state index in [1.54, 1.807) is 27.7 Å². The average molecular weight is 483 g/mol. The van der Waals surface area contributed by atoms with Crippen LogP contribution in [0.3, 0.4) is 0 Å². The van der Waals surface area contributed by atoms with Gasteiger partial charge in [0.1, 0.15) is 6.17 Å². The number of halogens is 3. The number of Topliss-reactive ketones (excluding diaryl/α,β-unsaturated/α-hetero) is 1. The van der Waals surface area contributed by atoms with Crippen LogP contribution in [0.2, 0.25) is 0 Å². The number of ether oxygens (including phenoxy) is 1. The third-order valence-corrected chi connectivity index (χ3v) is 9.36. The van der Waals surface area contributed by atoms with Crippen molar-refractivity contribution in [1.82, 2.24) is 0 Å². The maximum absolute atomic E-state index is 15.5. The van der Waals surface area contributed by atoms with Crippen LogP contribution in [0, 0.1) is 34.5 Å². The molecule has 4 aliphatic rings. The second-order valence-corrected chi connectivity index (χ2v) is 11.0. The smallest absolute Gasteiger partial charge is 0.306 e. The van der Waals surface area contributed by atoms with Crippen molar-refractivity contribution in [3.63, 3.8) is 0 Å². The second-order valence-electron chi connectivity index (χ2n) is 11.0.